The Labute approximate surface area is 205 Å². The summed E-state index contributed by atoms with van der Waals surface area (Å²) in [6.07, 6.45) is 4.18. The zero-order chi connectivity index (χ0) is 24.9. The number of ether oxygens (including phenoxy) is 1. The van der Waals surface area contributed by atoms with Gasteiger partial charge >= 0.3 is 12.1 Å². The van der Waals surface area contributed by atoms with Gasteiger partial charge in [-0.3, -0.25) is 9.59 Å². The Morgan fingerprint density at radius 3 is 2.26 bits per heavy atom. The van der Waals surface area contributed by atoms with Gasteiger partial charge < -0.3 is 20.5 Å². The van der Waals surface area contributed by atoms with E-state index < -0.39 is 24.0 Å². The first kappa shape index (κ1) is 24.5. The highest BCUT2D eigenvalue weighted by atomic mass is 16.5. The number of carboxylic acids is 1. The average molecular weight is 477 g/mol. The Bertz CT molecular complexity index is 1080. The van der Waals surface area contributed by atoms with Crippen molar-refractivity contribution in [1.82, 2.24) is 10.6 Å². The maximum atomic E-state index is 13.0. The second kappa shape index (κ2) is 10.8. The molecule has 3 N–H and O–H groups in total. The van der Waals surface area contributed by atoms with Gasteiger partial charge in [0.1, 0.15) is 12.6 Å². The fourth-order valence-electron chi connectivity index (χ4n) is 4.97. The molecule has 7 nitrogen and oxygen atoms in total. The van der Waals surface area contributed by atoms with Gasteiger partial charge in [0.05, 0.1) is 5.92 Å². The van der Waals surface area contributed by atoms with Crippen LogP contribution < -0.4 is 10.6 Å². The van der Waals surface area contributed by atoms with Crippen LogP contribution in [0, 0.1) is 11.8 Å². The van der Waals surface area contributed by atoms with Gasteiger partial charge in [0.2, 0.25) is 5.91 Å². The number of carboxylic acid groups (broad SMARTS) is 1. The minimum absolute atomic E-state index is 0.0640. The van der Waals surface area contributed by atoms with E-state index in [9.17, 15) is 19.5 Å². The molecule has 0 unspecified atom stereocenters. The molecule has 0 saturated carbocycles. The van der Waals surface area contributed by atoms with Crippen LogP contribution in [0.5, 0.6) is 0 Å². The third-order valence-corrected chi connectivity index (χ3v) is 6.66. The first-order chi connectivity index (χ1) is 16.8. The Morgan fingerprint density at radius 2 is 1.66 bits per heavy atom. The quantitative estimate of drug-likeness (QED) is 0.488. The van der Waals surface area contributed by atoms with Crippen LogP contribution in [0.3, 0.4) is 0 Å². The number of amides is 2. The first-order valence-electron chi connectivity index (χ1n) is 12.1. The lowest BCUT2D eigenvalue weighted by Crippen LogP contribution is -2.50. The van der Waals surface area contributed by atoms with Crippen molar-refractivity contribution in [2.45, 2.75) is 51.1 Å². The van der Waals surface area contributed by atoms with Crippen molar-refractivity contribution in [2.75, 3.05) is 6.61 Å². The number of aliphatic carboxylic acids is 1. The van der Waals surface area contributed by atoms with E-state index in [4.69, 9.17) is 4.74 Å². The molecule has 3 atom stereocenters. The predicted molar refractivity (Wildman–Crippen MR) is 133 cm³/mol. The van der Waals surface area contributed by atoms with Crippen LogP contribution in [-0.2, 0) is 14.3 Å². The summed E-state index contributed by atoms with van der Waals surface area (Å²) in [5.41, 5.74) is 4.54. The van der Waals surface area contributed by atoms with Crippen molar-refractivity contribution in [1.29, 1.82) is 0 Å². The Morgan fingerprint density at radius 1 is 1.03 bits per heavy atom. The van der Waals surface area contributed by atoms with Gasteiger partial charge in [0.25, 0.3) is 0 Å². The van der Waals surface area contributed by atoms with Gasteiger partial charge in [0, 0.05) is 12.0 Å². The lowest BCUT2D eigenvalue weighted by atomic mass is 9.91. The zero-order valence-corrected chi connectivity index (χ0v) is 20.1. The van der Waals surface area contributed by atoms with E-state index in [2.05, 4.69) is 34.9 Å². The molecule has 0 radical (unpaired) electrons. The number of benzene rings is 2. The zero-order valence-electron chi connectivity index (χ0n) is 20.1. The first-order valence-corrected chi connectivity index (χ1v) is 12.1. The van der Waals surface area contributed by atoms with E-state index in [0.29, 0.717) is 19.3 Å². The van der Waals surface area contributed by atoms with Gasteiger partial charge in [0.15, 0.2) is 0 Å². The van der Waals surface area contributed by atoms with Crippen LogP contribution in [0.1, 0.15) is 50.2 Å². The summed E-state index contributed by atoms with van der Waals surface area (Å²) in [7, 11) is 0. The van der Waals surface area contributed by atoms with E-state index in [1.165, 1.54) is 0 Å². The second-order valence-electron chi connectivity index (χ2n) is 9.70. The fraction of sp³-hybridized carbons (Fsp3) is 0.393. The van der Waals surface area contributed by atoms with Crippen molar-refractivity contribution in [3.63, 3.8) is 0 Å². The minimum Gasteiger partial charge on any atom is -0.481 e. The number of carbonyl (C=O) groups excluding carboxylic acids is 2. The molecule has 184 valence electrons. The Hall–Kier alpha value is -3.61. The van der Waals surface area contributed by atoms with Crippen molar-refractivity contribution >= 4 is 18.0 Å². The highest BCUT2D eigenvalue weighted by molar-refractivity contribution is 5.86. The number of rotatable bonds is 8. The molecular weight excluding hydrogens is 444 g/mol. The third kappa shape index (κ3) is 5.73. The Kier molecular flexibility index (Phi) is 7.54. The molecule has 2 amide bonds. The topological polar surface area (TPSA) is 105 Å². The molecule has 2 aliphatic rings. The van der Waals surface area contributed by atoms with E-state index >= 15 is 0 Å². The maximum Gasteiger partial charge on any atom is 0.407 e. The van der Waals surface area contributed by atoms with Gasteiger partial charge in [-0.15, -0.1) is 0 Å². The molecule has 0 fully saturated rings. The minimum atomic E-state index is -0.871. The molecule has 7 heteroatoms. The monoisotopic (exact) mass is 476 g/mol. The lowest BCUT2D eigenvalue weighted by Gasteiger charge is -2.26. The van der Waals surface area contributed by atoms with Crippen LogP contribution in [-0.4, -0.2) is 41.8 Å². The van der Waals surface area contributed by atoms with Gasteiger partial charge in [-0.05, 0) is 47.4 Å². The third-order valence-electron chi connectivity index (χ3n) is 6.66. The molecule has 4 rings (SSSR count). The summed E-state index contributed by atoms with van der Waals surface area (Å²) < 4.78 is 5.62. The summed E-state index contributed by atoms with van der Waals surface area (Å²) >= 11 is 0. The normalized spacial score (nSPS) is 19.5. The standard InChI is InChI=1S/C28H32N2O5/c1-17(2)14-25(26(31)29-19-9-7-8-18(15-19)27(32)33)30-28(34)35-16-24-22-12-5-3-10-20(22)21-11-4-6-13-23(21)24/h3-7,9-13,17-19,24-25H,8,14-16H2,1-2H3,(H,29,31)(H,30,34)(H,32,33)/t18-,19-,25-/m0/s1. The van der Waals surface area contributed by atoms with Crippen LogP contribution in [0.4, 0.5) is 4.79 Å². The molecule has 35 heavy (non-hydrogen) atoms. The highest BCUT2D eigenvalue weighted by Gasteiger charge is 2.31. The fourth-order valence-corrected chi connectivity index (χ4v) is 4.97. The number of nitrogens with one attached hydrogen (secondary N) is 2. The van der Waals surface area contributed by atoms with Crippen LogP contribution in [0.2, 0.25) is 0 Å². The maximum absolute atomic E-state index is 13.0. The van der Waals surface area contributed by atoms with Crippen molar-refractivity contribution < 1.29 is 24.2 Å². The van der Waals surface area contributed by atoms with Crippen molar-refractivity contribution in [3.05, 3.63) is 71.8 Å². The molecule has 0 bridgehead atoms. The molecule has 2 aromatic carbocycles. The molecule has 2 aliphatic carbocycles. The average Bonchev–Trinajstić information content (AvgIpc) is 3.16. The summed E-state index contributed by atoms with van der Waals surface area (Å²) in [6.45, 7) is 4.11. The van der Waals surface area contributed by atoms with Crippen molar-refractivity contribution in [2.24, 2.45) is 11.8 Å². The Balaban J connectivity index is 1.38. The summed E-state index contributed by atoms with van der Waals surface area (Å²) in [6, 6.07) is 15.1. The SMILES string of the molecule is CC(C)C[C@H](NC(=O)OCC1c2ccccc2-c2ccccc21)C(=O)N[C@H]1C=CC[C@H](C(=O)O)C1. The summed E-state index contributed by atoms with van der Waals surface area (Å²) in [4.78, 5) is 37.1. The summed E-state index contributed by atoms with van der Waals surface area (Å²) in [5, 5.41) is 14.9. The molecule has 0 aromatic heterocycles. The van der Waals surface area contributed by atoms with Gasteiger partial charge in [-0.25, -0.2) is 4.79 Å². The molecule has 2 aromatic rings. The number of alkyl carbamates (subject to hydrolysis) is 1. The van der Waals surface area contributed by atoms with Gasteiger partial charge in [-0.2, -0.15) is 0 Å². The highest BCUT2D eigenvalue weighted by Crippen LogP contribution is 2.44. The number of allylic oxidation sites excluding steroid dienone is 1. The van der Waals surface area contributed by atoms with E-state index in [1.54, 1.807) is 6.08 Å². The van der Waals surface area contributed by atoms with Gasteiger partial charge in [-0.1, -0.05) is 74.5 Å². The number of carbonyl (C=O) groups is 3. The molecule has 0 saturated heterocycles. The predicted octanol–water partition coefficient (Wildman–Crippen LogP) is 4.48. The second-order valence-corrected chi connectivity index (χ2v) is 9.70. The molecule has 0 heterocycles. The van der Waals surface area contributed by atoms with E-state index in [0.717, 1.165) is 22.3 Å². The van der Waals surface area contributed by atoms with E-state index in [-0.39, 0.29) is 30.4 Å². The van der Waals surface area contributed by atoms with Crippen molar-refractivity contribution in [3.8, 4) is 11.1 Å². The van der Waals surface area contributed by atoms with Crippen LogP contribution in [0.25, 0.3) is 11.1 Å². The number of fused-ring (bicyclic) bond motifs is 3. The molecule has 0 aliphatic heterocycles. The van der Waals surface area contributed by atoms with Crippen LogP contribution >= 0.6 is 0 Å². The smallest absolute Gasteiger partial charge is 0.407 e. The molecular formula is C28H32N2O5. The van der Waals surface area contributed by atoms with E-state index in [1.807, 2.05) is 44.2 Å². The largest absolute Gasteiger partial charge is 0.481 e. The lowest BCUT2D eigenvalue weighted by molar-refractivity contribution is -0.142. The summed E-state index contributed by atoms with van der Waals surface area (Å²) in [5.74, 6) is -1.64. The molecule has 0 spiro atoms. The van der Waals surface area contributed by atoms with Crippen LogP contribution in [0.15, 0.2) is 60.7 Å². The number of hydrogen-bond acceptors (Lipinski definition) is 4. The number of hydrogen-bond donors (Lipinski definition) is 3.